The number of anilines is 1. The number of hydrogen-bond acceptors (Lipinski definition) is 5. The van der Waals surface area contributed by atoms with E-state index in [9.17, 15) is 14.4 Å². The molecular formula is C24H26N2O5. The number of benzene rings is 2. The van der Waals surface area contributed by atoms with E-state index in [2.05, 4.69) is 5.32 Å². The van der Waals surface area contributed by atoms with E-state index in [1.54, 1.807) is 63.6 Å². The van der Waals surface area contributed by atoms with E-state index in [1.165, 1.54) is 0 Å². The Kier molecular flexibility index (Phi) is 6.15. The van der Waals surface area contributed by atoms with Gasteiger partial charge >= 0.3 is 12.1 Å². The fraction of sp³-hybridized carbons (Fsp3) is 0.292. The van der Waals surface area contributed by atoms with Crippen molar-refractivity contribution in [2.45, 2.75) is 39.7 Å². The van der Waals surface area contributed by atoms with Gasteiger partial charge in [-0.25, -0.2) is 4.79 Å². The van der Waals surface area contributed by atoms with Gasteiger partial charge in [0.25, 0.3) is 5.56 Å². The number of ether oxygens (including phenoxy) is 2. The summed E-state index contributed by atoms with van der Waals surface area (Å²) in [6.45, 7) is 6.92. The van der Waals surface area contributed by atoms with Crippen LogP contribution in [-0.4, -0.2) is 22.2 Å². The second-order valence-electron chi connectivity index (χ2n) is 8.12. The predicted molar refractivity (Wildman–Crippen MR) is 120 cm³/mol. The highest BCUT2D eigenvalue weighted by atomic mass is 16.6. The van der Waals surface area contributed by atoms with Gasteiger partial charge in [0, 0.05) is 19.0 Å². The molecule has 0 fully saturated rings. The van der Waals surface area contributed by atoms with Crippen molar-refractivity contribution in [1.29, 1.82) is 0 Å². The minimum Gasteiger partial charge on any atom is -0.444 e. The summed E-state index contributed by atoms with van der Waals surface area (Å²) in [6.07, 6.45) is -0.555. The Labute approximate surface area is 180 Å². The molecule has 162 valence electrons. The minimum absolute atomic E-state index is 0.104. The third-order valence-electron chi connectivity index (χ3n) is 4.58. The first kappa shape index (κ1) is 22.1. The van der Waals surface area contributed by atoms with Gasteiger partial charge < -0.3 is 14.0 Å². The van der Waals surface area contributed by atoms with Gasteiger partial charge in [0.05, 0.1) is 16.8 Å². The van der Waals surface area contributed by atoms with Crippen molar-refractivity contribution >= 4 is 28.7 Å². The molecule has 1 N–H and O–H groups in total. The third-order valence-corrected chi connectivity index (χ3v) is 4.58. The second-order valence-corrected chi connectivity index (χ2v) is 8.12. The smallest absolute Gasteiger partial charge is 0.412 e. The van der Waals surface area contributed by atoms with Gasteiger partial charge in [-0.05, 0) is 44.4 Å². The molecule has 0 aliphatic heterocycles. The van der Waals surface area contributed by atoms with Crippen LogP contribution in [0.15, 0.2) is 53.3 Å². The van der Waals surface area contributed by atoms with Gasteiger partial charge in [-0.3, -0.25) is 14.9 Å². The zero-order valence-corrected chi connectivity index (χ0v) is 18.3. The molecule has 0 radical (unpaired) electrons. The Bertz CT molecular complexity index is 1200. The van der Waals surface area contributed by atoms with Gasteiger partial charge in [-0.1, -0.05) is 37.3 Å². The fourth-order valence-electron chi connectivity index (χ4n) is 3.17. The normalized spacial score (nSPS) is 11.3. The quantitative estimate of drug-likeness (QED) is 0.479. The fourth-order valence-corrected chi connectivity index (χ4v) is 3.17. The number of aromatic nitrogens is 1. The van der Waals surface area contributed by atoms with E-state index < -0.39 is 17.7 Å². The number of para-hydroxylation sites is 2. The van der Waals surface area contributed by atoms with Crippen LogP contribution in [0.5, 0.6) is 5.75 Å². The highest BCUT2D eigenvalue weighted by molar-refractivity contribution is 5.93. The van der Waals surface area contributed by atoms with Crippen LogP contribution < -0.4 is 15.6 Å². The van der Waals surface area contributed by atoms with Crippen molar-refractivity contribution in [3.63, 3.8) is 0 Å². The van der Waals surface area contributed by atoms with E-state index >= 15 is 0 Å². The number of pyridine rings is 1. The van der Waals surface area contributed by atoms with Gasteiger partial charge in [-0.2, -0.15) is 0 Å². The molecule has 0 saturated heterocycles. The molecule has 1 heterocycles. The summed E-state index contributed by atoms with van der Waals surface area (Å²) in [7, 11) is 1.69. The first-order valence-electron chi connectivity index (χ1n) is 10.0. The molecule has 1 aromatic heterocycles. The lowest BCUT2D eigenvalue weighted by molar-refractivity contribution is -0.133. The lowest BCUT2D eigenvalue weighted by Gasteiger charge is -2.21. The topological polar surface area (TPSA) is 86.6 Å². The molecule has 7 heteroatoms. The zero-order valence-electron chi connectivity index (χ0n) is 18.3. The maximum Gasteiger partial charge on any atom is 0.412 e. The maximum absolute atomic E-state index is 13.1. The summed E-state index contributed by atoms with van der Waals surface area (Å²) in [4.78, 5) is 37.6. The molecule has 3 aromatic rings. The Morgan fingerprint density at radius 2 is 1.74 bits per heavy atom. The first-order chi connectivity index (χ1) is 14.6. The number of carbonyl (C=O) groups is 2. The highest BCUT2D eigenvalue weighted by Crippen LogP contribution is 2.37. The van der Waals surface area contributed by atoms with Crippen LogP contribution in [0.25, 0.3) is 22.0 Å². The molecular weight excluding hydrogens is 396 g/mol. The van der Waals surface area contributed by atoms with Crippen LogP contribution >= 0.6 is 0 Å². The van der Waals surface area contributed by atoms with Crippen molar-refractivity contribution in [2.24, 2.45) is 7.05 Å². The van der Waals surface area contributed by atoms with E-state index in [4.69, 9.17) is 9.47 Å². The van der Waals surface area contributed by atoms with Gasteiger partial charge in [0.1, 0.15) is 5.60 Å². The average molecular weight is 422 g/mol. The molecule has 0 spiro atoms. The Balaban J connectivity index is 2.18. The SMILES string of the molecule is CCC(=O)Oc1c(NC(=O)OC(C)(C)C)cccc1-c1cc2ccccc2n(C)c1=O. The zero-order chi connectivity index (χ0) is 22.8. The molecule has 0 aliphatic rings. The van der Waals surface area contributed by atoms with Crippen LogP contribution in [0.2, 0.25) is 0 Å². The summed E-state index contributed by atoms with van der Waals surface area (Å²) in [5.74, 6) is -0.384. The van der Waals surface area contributed by atoms with Crippen LogP contribution in [0.4, 0.5) is 10.5 Å². The molecule has 31 heavy (non-hydrogen) atoms. The molecule has 0 saturated carbocycles. The molecule has 0 aliphatic carbocycles. The highest BCUT2D eigenvalue weighted by Gasteiger charge is 2.22. The number of carbonyl (C=O) groups excluding carboxylic acids is 2. The number of hydrogen-bond donors (Lipinski definition) is 1. The first-order valence-corrected chi connectivity index (χ1v) is 10.0. The van der Waals surface area contributed by atoms with E-state index in [0.717, 1.165) is 10.9 Å². The number of amides is 1. The second kappa shape index (κ2) is 8.63. The van der Waals surface area contributed by atoms with E-state index in [1.807, 2.05) is 24.3 Å². The number of rotatable bonds is 4. The molecule has 0 atom stereocenters. The summed E-state index contributed by atoms with van der Waals surface area (Å²) in [5.41, 5.74) is 0.836. The van der Waals surface area contributed by atoms with Crippen LogP contribution in [0.1, 0.15) is 34.1 Å². The third kappa shape index (κ3) is 4.94. The van der Waals surface area contributed by atoms with Crippen LogP contribution in [0, 0.1) is 0 Å². The van der Waals surface area contributed by atoms with Gasteiger partial charge in [0.15, 0.2) is 5.75 Å². The molecule has 7 nitrogen and oxygen atoms in total. The molecule has 1 amide bonds. The van der Waals surface area contributed by atoms with Crippen LogP contribution in [-0.2, 0) is 16.6 Å². The standard InChI is InChI=1S/C24H26N2O5/c1-6-20(27)30-21-16(11-9-12-18(21)25-23(29)31-24(2,3)4)17-14-15-10-7-8-13-19(15)26(5)22(17)28/h7-14H,6H2,1-5H3,(H,25,29). The van der Waals surface area contributed by atoms with Gasteiger partial charge in [0.2, 0.25) is 0 Å². The number of nitrogens with one attached hydrogen (secondary N) is 1. The molecule has 2 aromatic carbocycles. The van der Waals surface area contributed by atoms with Crippen LogP contribution in [0.3, 0.4) is 0 Å². The lowest BCUT2D eigenvalue weighted by Crippen LogP contribution is -2.27. The predicted octanol–water partition coefficient (Wildman–Crippen LogP) is 4.87. The number of aryl methyl sites for hydroxylation is 1. The largest absolute Gasteiger partial charge is 0.444 e. The summed E-state index contributed by atoms with van der Waals surface area (Å²) in [6, 6.07) is 14.2. The van der Waals surface area contributed by atoms with Crippen molar-refractivity contribution in [2.75, 3.05) is 5.32 Å². The van der Waals surface area contributed by atoms with Crippen molar-refractivity contribution in [3.8, 4) is 16.9 Å². The number of fused-ring (bicyclic) bond motifs is 1. The Hall–Kier alpha value is -3.61. The monoisotopic (exact) mass is 422 g/mol. The summed E-state index contributed by atoms with van der Waals surface area (Å²) >= 11 is 0. The van der Waals surface area contributed by atoms with E-state index in [-0.39, 0.29) is 23.4 Å². The number of esters is 1. The van der Waals surface area contributed by atoms with Gasteiger partial charge in [-0.15, -0.1) is 0 Å². The molecule has 0 bridgehead atoms. The Morgan fingerprint density at radius 1 is 1.03 bits per heavy atom. The molecule has 3 rings (SSSR count). The lowest BCUT2D eigenvalue weighted by atomic mass is 10.0. The minimum atomic E-state index is -0.698. The van der Waals surface area contributed by atoms with Crippen molar-refractivity contribution in [3.05, 3.63) is 58.9 Å². The average Bonchev–Trinajstić information content (AvgIpc) is 2.70. The molecule has 0 unspecified atom stereocenters. The van der Waals surface area contributed by atoms with E-state index in [0.29, 0.717) is 11.1 Å². The van der Waals surface area contributed by atoms with Crippen molar-refractivity contribution < 1.29 is 19.1 Å². The summed E-state index contributed by atoms with van der Waals surface area (Å²) in [5, 5.41) is 3.49. The maximum atomic E-state index is 13.1. The number of nitrogens with zero attached hydrogens (tertiary/aromatic N) is 1. The summed E-state index contributed by atoms with van der Waals surface area (Å²) < 4.78 is 12.4. The van der Waals surface area contributed by atoms with Crippen molar-refractivity contribution in [1.82, 2.24) is 4.57 Å². The Morgan fingerprint density at radius 3 is 2.42 bits per heavy atom.